The lowest BCUT2D eigenvalue weighted by atomic mass is 10.1. The number of fused-ring (bicyclic) bond motifs is 1. The largest absolute Gasteiger partial charge is 0.494 e. The number of imidazole rings is 1. The molecule has 4 heterocycles. The lowest BCUT2D eigenvalue weighted by Gasteiger charge is -2.38. The van der Waals surface area contributed by atoms with Gasteiger partial charge in [-0.05, 0) is 69.7 Å². The Morgan fingerprint density at radius 3 is 2.38 bits per heavy atom. The summed E-state index contributed by atoms with van der Waals surface area (Å²) in [5.41, 5.74) is 2.89. The Balaban J connectivity index is 1.11. The van der Waals surface area contributed by atoms with E-state index in [0.29, 0.717) is 34.0 Å². The maximum absolute atomic E-state index is 14.4. The van der Waals surface area contributed by atoms with Crippen molar-refractivity contribution >= 4 is 35.1 Å². The van der Waals surface area contributed by atoms with Gasteiger partial charge in [0.15, 0.2) is 23.0 Å². The molecule has 0 bridgehead atoms. The number of anilines is 2. The molecule has 2 aromatic heterocycles. The number of piperazine rings is 1. The zero-order chi connectivity index (χ0) is 35.9. The number of ether oxygens (including phenoxy) is 2. The molecule has 2 aromatic carbocycles. The Hall–Kier alpha value is -5.28. The van der Waals surface area contributed by atoms with E-state index >= 15 is 0 Å². The monoisotopic (exact) mass is 689 g/mol. The second-order valence-corrected chi connectivity index (χ2v) is 13.4. The van der Waals surface area contributed by atoms with E-state index in [0.717, 1.165) is 10.5 Å². The molecule has 15 heteroatoms. The van der Waals surface area contributed by atoms with Crippen molar-refractivity contribution in [3.05, 3.63) is 71.9 Å². The second-order valence-electron chi connectivity index (χ2n) is 13.4. The molecule has 2 saturated heterocycles. The Kier molecular flexibility index (Phi) is 9.37. The normalized spacial score (nSPS) is 19.5. The number of amides is 3. The number of aromatic nitrogens is 3. The summed E-state index contributed by atoms with van der Waals surface area (Å²) in [6.07, 6.45) is 1.45. The third-order valence-electron chi connectivity index (χ3n) is 8.79. The summed E-state index contributed by atoms with van der Waals surface area (Å²) in [7, 11) is 1.41. The summed E-state index contributed by atoms with van der Waals surface area (Å²) >= 11 is 0. The first kappa shape index (κ1) is 34.6. The number of carbonyl (C=O) groups is 3. The highest BCUT2D eigenvalue weighted by Crippen LogP contribution is 2.29. The zero-order valence-electron chi connectivity index (χ0n) is 28.5. The first-order valence-corrected chi connectivity index (χ1v) is 16.2. The number of β-amino-alcohol motifs (C(OH)–C–C–N with tert-alkyl or cyclic N) is 1. The van der Waals surface area contributed by atoms with E-state index in [1.807, 2.05) is 13.0 Å². The van der Waals surface area contributed by atoms with Gasteiger partial charge in [0.25, 0.3) is 5.91 Å². The highest BCUT2D eigenvalue weighted by Gasteiger charge is 2.49. The molecule has 264 valence electrons. The summed E-state index contributed by atoms with van der Waals surface area (Å²) < 4.78 is 26.6. The maximum Gasteiger partial charge on any atom is 0.411 e. The summed E-state index contributed by atoms with van der Waals surface area (Å²) in [6.45, 7) is 7.54. The number of aryl methyl sites for hydroxylation is 1. The van der Waals surface area contributed by atoms with Crippen molar-refractivity contribution in [3.8, 4) is 17.0 Å². The highest BCUT2D eigenvalue weighted by atomic mass is 19.1. The molecule has 0 radical (unpaired) electrons. The number of aliphatic hydroxyl groups is 2. The number of nitrogens with one attached hydrogen (secondary N) is 1. The van der Waals surface area contributed by atoms with Crippen LogP contribution in [-0.4, -0.2) is 121 Å². The average Bonchev–Trinajstić information content (AvgIpc) is 3.64. The summed E-state index contributed by atoms with van der Waals surface area (Å²) in [4.78, 5) is 53.0. The van der Waals surface area contributed by atoms with E-state index < -0.39 is 41.7 Å². The predicted octanol–water partition coefficient (Wildman–Crippen LogP) is 3.22. The van der Waals surface area contributed by atoms with Crippen LogP contribution in [0.15, 0.2) is 55.0 Å². The average molecular weight is 690 g/mol. The fourth-order valence-electron chi connectivity index (χ4n) is 6.26. The van der Waals surface area contributed by atoms with Crippen molar-refractivity contribution in [3.63, 3.8) is 0 Å². The van der Waals surface area contributed by atoms with E-state index in [1.54, 1.807) is 72.9 Å². The topological polar surface area (TPSA) is 162 Å². The summed E-state index contributed by atoms with van der Waals surface area (Å²) in [5.74, 6) is -0.571. The van der Waals surface area contributed by atoms with Crippen LogP contribution >= 0.6 is 0 Å². The lowest BCUT2D eigenvalue weighted by Crippen LogP contribution is -2.57. The van der Waals surface area contributed by atoms with Gasteiger partial charge in [-0.2, -0.15) is 0 Å². The van der Waals surface area contributed by atoms with Crippen molar-refractivity contribution in [1.29, 1.82) is 0 Å². The molecule has 2 aliphatic heterocycles. The number of hydrogen-bond donors (Lipinski definition) is 3. The number of carbonyl (C=O) groups excluding carboxylic acids is 3. The molecule has 0 aliphatic carbocycles. The SMILES string of the molecule is COc1ccc(-c2cnc3c(Nc4ccc(C(=O)N5CCN(C(=O)[C@@H]6[C@@H](O)[C@@H](O)CN6C(=O)OC(C)(C)C)CC5)c(C)c4)nccn23)cc1F. The maximum atomic E-state index is 14.4. The van der Waals surface area contributed by atoms with Gasteiger partial charge >= 0.3 is 6.09 Å². The molecule has 0 saturated carbocycles. The molecular formula is C35H40FN7O7. The fraction of sp³-hybridized carbons (Fsp3) is 0.400. The van der Waals surface area contributed by atoms with Gasteiger partial charge < -0.3 is 34.8 Å². The van der Waals surface area contributed by atoms with Crippen LogP contribution in [0.4, 0.5) is 20.7 Å². The molecule has 3 N–H and O–H groups in total. The number of rotatable bonds is 6. The minimum atomic E-state index is -1.46. The lowest BCUT2D eigenvalue weighted by molar-refractivity contribution is -0.140. The Labute approximate surface area is 288 Å². The molecule has 3 amide bonds. The Morgan fingerprint density at radius 1 is 1.00 bits per heavy atom. The number of aliphatic hydroxyl groups excluding tert-OH is 2. The molecule has 50 heavy (non-hydrogen) atoms. The van der Waals surface area contributed by atoms with Crippen LogP contribution in [0, 0.1) is 12.7 Å². The smallest absolute Gasteiger partial charge is 0.411 e. The van der Waals surface area contributed by atoms with Gasteiger partial charge in [-0.25, -0.2) is 19.2 Å². The van der Waals surface area contributed by atoms with Crippen LogP contribution in [0.2, 0.25) is 0 Å². The number of hydrogen-bond acceptors (Lipinski definition) is 10. The number of likely N-dealkylation sites (tertiary alicyclic amines) is 1. The third kappa shape index (κ3) is 6.78. The molecule has 0 unspecified atom stereocenters. The van der Waals surface area contributed by atoms with E-state index in [1.165, 1.54) is 18.1 Å². The molecule has 4 aromatic rings. The fourth-order valence-corrected chi connectivity index (χ4v) is 6.26. The van der Waals surface area contributed by atoms with Crippen LogP contribution in [0.5, 0.6) is 5.75 Å². The minimum Gasteiger partial charge on any atom is -0.494 e. The van der Waals surface area contributed by atoms with Crippen molar-refractivity contribution in [2.24, 2.45) is 0 Å². The van der Waals surface area contributed by atoms with Crippen molar-refractivity contribution in [2.45, 2.75) is 51.5 Å². The van der Waals surface area contributed by atoms with Crippen LogP contribution in [0.1, 0.15) is 36.7 Å². The summed E-state index contributed by atoms with van der Waals surface area (Å²) in [6, 6.07) is 8.74. The minimum absolute atomic E-state index is 0.149. The molecule has 3 atom stereocenters. The quantitative estimate of drug-likeness (QED) is 0.274. The second kappa shape index (κ2) is 13.6. The molecule has 0 spiro atoms. The van der Waals surface area contributed by atoms with Gasteiger partial charge in [-0.15, -0.1) is 0 Å². The molecule has 14 nitrogen and oxygen atoms in total. The molecule has 6 rings (SSSR count). The third-order valence-corrected chi connectivity index (χ3v) is 8.79. The van der Waals surface area contributed by atoms with E-state index in [-0.39, 0.29) is 44.4 Å². The van der Waals surface area contributed by atoms with Crippen LogP contribution in [0.25, 0.3) is 16.9 Å². The Morgan fingerprint density at radius 2 is 1.72 bits per heavy atom. The number of methoxy groups -OCH3 is 1. The van der Waals surface area contributed by atoms with Crippen molar-refractivity contribution in [1.82, 2.24) is 29.1 Å². The summed E-state index contributed by atoms with van der Waals surface area (Å²) in [5, 5.41) is 24.1. The van der Waals surface area contributed by atoms with Gasteiger partial charge in [0.1, 0.15) is 23.9 Å². The van der Waals surface area contributed by atoms with E-state index in [9.17, 15) is 29.0 Å². The first-order valence-electron chi connectivity index (χ1n) is 16.2. The highest BCUT2D eigenvalue weighted by molar-refractivity contribution is 5.96. The molecular weight excluding hydrogens is 649 g/mol. The van der Waals surface area contributed by atoms with Gasteiger partial charge in [0.2, 0.25) is 5.91 Å². The van der Waals surface area contributed by atoms with E-state index in [2.05, 4.69) is 15.3 Å². The van der Waals surface area contributed by atoms with Crippen molar-refractivity contribution < 1.29 is 38.5 Å². The Bertz CT molecular complexity index is 1940. The number of nitrogens with zero attached hydrogens (tertiary/aromatic N) is 6. The standard InChI is InChI=1S/C35H40FN7O7/c1-20-16-22(39-30-31-38-18-25(42(31)11-10-37-30)21-6-9-27(49-5)24(36)17-21)7-8-23(20)32(46)40-12-14-41(15-13-40)33(47)28-29(45)26(44)19-43(28)34(48)50-35(2,3)4/h6-11,16-18,26,28-29,44-45H,12-15,19H2,1-5H3,(H,37,39)/t26-,28-,29-/m0/s1. The predicted molar refractivity (Wildman–Crippen MR) is 181 cm³/mol. The van der Waals surface area contributed by atoms with Gasteiger partial charge in [-0.3, -0.25) is 18.9 Å². The van der Waals surface area contributed by atoms with Crippen LogP contribution in [-0.2, 0) is 9.53 Å². The molecule has 2 fully saturated rings. The molecule has 2 aliphatic rings. The van der Waals surface area contributed by atoms with Crippen LogP contribution in [0.3, 0.4) is 0 Å². The zero-order valence-corrected chi connectivity index (χ0v) is 28.5. The van der Waals surface area contributed by atoms with Crippen LogP contribution < -0.4 is 10.1 Å². The number of benzene rings is 2. The van der Waals surface area contributed by atoms with E-state index in [4.69, 9.17) is 9.47 Å². The van der Waals surface area contributed by atoms with Gasteiger partial charge in [0.05, 0.1) is 25.5 Å². The number of halogens is 1. The first-order chi connectivity index (χ1) is 23.8. The van der Waals surface area contributed by atoms with Gasteiger partial charge in [0, 0.05) is 55.4 Å². The van der Waals surface area contributed by atoms with Gasteiger partial charge in [-0.1, -0.05) is 0 Å². The van der Waals surface area contributed by atoms with Crippen molar-refractivity contribution in [2.75, 3.05) is 45.2 Å².